The average molecular weight is 359 g/mol. The van der Waals surface area contributed by atoms with Gasteiger partial charge in [0.2, 0.25) is 0 Å². The molecule has 0 amide bonds. The van der Waals surface area contributed by atoms with E-state index in [0.717, 1.165) is 16.6 Å². The number of nitrogens with one attached hydrogen (secondary N) is 1. The monoisotopic (exact) mass is 359 g/mol. The molecule has 0 radical (unpaired) electrons. The standard InChI is InChI=1S/C18H19N3O4.H2O/c1-22-14-6-5-11(7-15(14)23-2)21-18-12-8-16(24-3)17(25-4)9-13(12)19-10-20-18;/h5-10H,1-4H3,(H,19,20,21);1H2. The molecular formula is C18H21N3O5. The zero-order chi connectivity index (χ0) is 17.8. The SMILES string of the molecule is COc1ccc(Nc2ncnc3cc(OC)c(OC)cc23)cc1OC.O. The Morgan fingerprint density at radius 1 is 0.731 bits per heavy atom. The van der Waals surface area contributed by atoms with Crippen molar-refractivity contribution in [3.63, 3.8) is 0 Å². The molecule has 8 heteroatoms. The first kappa shape index (κ1) is 19.1. The molecule has 1 heterocycles. The second-order valence-corrected chi connectivity index (χ2v) is 5.14. The third-order valence-corrected chi connectivity index (χ3v) is 3.79. The van der Waals surface area contributed by atoms with Crippen molar-refractivity contribution in [3.8, 4) is 23.0 Å². The fraction of sp³-hybridized carbons (Fsp3) is 0.222. The molecule has 8 nitrogen and oxygen atoms in total. The van der Waals surface area contributed by atoms with Gasteiger partial charge in [-0.2, -0.15) is 0 Å². The smallest absolute Gasteiger partial charge is 0.162 e. The van der Waals surface area contributed by atoms with E-state index in [4.69, 9.17) is 18.9 Å². The van der Waals surface area contributed by atoms with E-state index >= 15 is 0 Å². The molecule has 0 saturated carbocycles. The topological polar surface area (TPSA) is 106 Å². The maximum absolute atomic E-state index is 5.37. The molecule has 0 bridgehead atoms. The van der Waals surface area contributed by atoms with Crippen LogP contribution in [0.15, 0.2) is 36.7 Å². The summed E-state index contributed by atoms with van der Waals surface area (Å²) < 4.78 is 21.3. The summed E-state index contributed by atoms with van der Waals surface area (Å²) in [7, 11) is 6.38. The number of anilines is 2. The maximum Gasteiger partial charge on any atom is 0.162 e. The van der Waals surface area contributed by atoms with Gasteiger partial charge >= 0.3 is 0 Å². The lowest BCUT2D eigenvalue weighted by Crippen LogP contribution is -1.99. The van der Waals surface area contributed by atoms with Crippen molar-refractivity contribution in [2.75, 3.05) is 33.8 Å². The Bertz CT molecular complexity index is 901. The van der Waals surface area contributed by atoms with Crippen LogP contribution in [-0.4, -0.2) is 43.9 Å². The van der Waals surface area contributed by atoms with E-state index in [1.54, 1.807) is 28.4 Å². The van der Waals surface area contributed by atoms with Gasteiger partial charge in [0, 0.05) is 23.2 Å². The maximum atomic E-state index is 5.37. The van der Waals surface area contributed by atoms with Crippen LogP contribution in [0.4, 0.5) is 11.5 Å². The van der Waals surface area contributed by atoms with E-state index in [-0.39, 0.29) is 5.48 Å². The highest BCUT2D eigenvalue weighted by molar-refractivity contribution is 5.93. The lowest BCUT2D eigenvalue weighted by atomic mass is 10.2. The third-order valence-electron chi connectivity index (χ3n) is 3.79. The summed E-state index contributed by atoms with van der Waals surface area (Å²) in [6.07, 6.45) is 1.50. The van der Waals surface area contributed by atoms with Crippen molar-refractivity contribution in [3.05, 3.63) is 36.7 Å². The molecule has 0 aliphatic rings. The summed E-state index contributed by atoms with van der Waals surface area (Å²) in [4.78, 5) is 8.64. The van der Waals surface area contributed by atoms with Gasteiger partial charge in [0.05, 0.1) is 34.0 Å². The first-order valence-corrected chi connectivity index (χ1v) is 7.56. The van der Waals surface area contributed by atoms with Gasteiger partial charge in [-0.1, -0.05) is 0 Å². The zero-order valence-electron chi connectivity index (χ0n) is 15.0. The number of benzene rings is 2. The minimum absolute atomic E-state index is 0. The molecule has 138 valence electrons. The number of nitrogens with zero attached hydrogens (tertiary/aromatic N) is 2. The Morgan fingerprint density at radius 2 is 1.35 bits per heavy atom. The molecule has 3 N–H and O–H groups in total. The van der Waals surface area contributed by atoms with E-state index in [0.29, 0.717) is 28.8 Å². The van der Waals surface area contributed by atoms with Crippen molar-refractivity contribution >= 4 is 22.4 Å². The summed E-state index contributed by atoms with van der Waals surface area (Å²) in [5.41, 5.74) is 1.56. The van der Waals surface area contributed by atoms with Gasteiger partial charge in [-0.3, -0.25) is 0 Å². The zero-order valence-corrected chi connectivity index (χ0v) is 15.0. The highest BCUT2D eigenvalue weighted by Gasteiger charge is 2.12. The largest absolute Gasteiger partial charge is 0.493 e. The number of hydrogen-bond donors (Lipinski definition) is 1. The van der Waals surface area contributed by atoms with E-state index in [1.807, 2.05) is 30.3 Å². The van der Waals surface area contributed by atoms with E-state index in [1.165, 1.54) is 6.33 Å². The summed E-state index contributed by atoms with van der Waals surface area (Å²) in [5, 5.41) is 4.09. The minimum Gasteiger partial charge on any atom is -0.493 e. The molecule has 0 saturated heterocycles. The minimum atomic E-state index is 0. The molecule has 26 heavy (non-hydrogen) atoms. The first-order chi connectivity index (χ1) is 12.2. The van der Waals surface area contributed by atoms with Crippen LogP contribution < -0.4 is 24.3 Å². The fourth-order valence-corrected chi connectivity index (χ4v) is 2.53. The summed E-state index contributed by atoms with van der Waals surface area (Å²) >= 11 is 0. The Labute approximate surface area is 151 Å². The van der Waals surface area contributed by atoms with Crippen molar-refractivity contribution in [1.82, 2.24) is 9.97 Å². The van der Waals surface area contributed by atoms with Crippen LogP contribution in [0, 0.1) is 0 Å². The lowest BCUT2D eigenvalue weighted by molar-refractivity contribution is 0.355. The molecule has 3 rings (SSSR count). The van der Waals surface area contributed by atoms with E-state index < -0.39 is 0 Å². The van der Waals surface area contributed by atoms with Crippen molar-refractivity contribution in [2.45, 2.75) is 0 Å². The summed E-state index contributed by atoms with van der Waals surface area (Å²) in [5.74, 6) is 3.17. The number of hydrogen-bond acceptors (Lipinski definition) is 7. The predicted molar refractivity (Wildman–Crippen MR) is 99.1 cm³/mol. The number of aromatic nitrogens is 2. The van der Waals surface area contributed by atoms with Crippen LogP contribution in [0.3, 0.4) is 0 Å². The Morgan fingerprint density at radius 3 is 2.00 bits per heavy atom. The van der Waals surface area contributed by atoms with Gasteiger partial charge in [0.1, 0.15) is 12.1 Å². The second-order valence-electron chi connectivity index (χ2n) is 5.14. The molecule has 0 atom stereocenters. The third kappa shape index (κ3) is 3.55. The van der Waals surface area contributed by atoms with Crippen LogP contribution in [0.5, 0.6) is 23.0 Å². The van der Waals surface area contributed by atoms with E-state index in [9.17, 15) is 0 Å². The molecule has 0 spiro atoms. The quantitative estimate of drug-likeness (QED) is 0.721. The fourth-order valence-electron chi connectivity index (χ4n) is 2.53. The molecule has 3 aromatic rings. The number of ether oxygens (including phenoxy) is 4. The Kier molecular flexibility index (Phi) is 6.03. The van der Waals surface area contributed by atoms with Gasteiger partial charge in [0.25, 0.3) is 0 Å². The predicted octanol–water partition coefficient (Wildman–Crippen LogP) is 2.58. The van der Waals surface area contributed by atoms with Gasteiger partial charge in [0.15, 0.2) is 23.0 Å². The molecule has 1 aromatic heterocycles. The highest BCUT2D eigenvalue weighted by atomic mass is 16.5. The van der Waals surface area contributed by atoms with Crippen molar-refractivity contribution < 1.29 is 24.4 Å². The number of rotatable bonds is 6. The van der Waals surface area contributed by atoms with Crippen LogP contribution in [-0.2, 0) is 0 Å². The van der Waals surface area contributed by atoms with Crippen LogP contribution in [0.2, 0.25) is 0 Å². The normalized spacial score (nSPS) is 10.0. The first-order valence-electron chi connectivity index (χ1n) is 7.56. The summed E-state index contributed by atoms with van der Waals surface area (Å²) in [6, 6.07) is 9.21. The highest BCUT2D eigenvalue weighted by Crippen LogP contribution is 2.35. The second kappa shape index (κ2) is 8.21. The summed E-state index contributed by atoms with van der Waals surface area (Å²) in [6.45, 7) is 0. The van der Waals surface area contributed by atoms with Crippen LogP contribution in [0.25, 0.3) is 10.9 Å². The molecule has 0 aliphatic carbocycles. The van der Waals surface area contributed by atoms with Crippen LogP contribution in [0.1, 0.15) is 0 Å². The molecule has 0 aliphatic heterocycles. The number of methoxy groups -OCH3 is 4. The van der Waals surface area contributed by atoms with Crippen LogP contribution >= 0.6 is 0 Å². The number of fused-ring (bicyclic) bond motifs is 1. The molecule has 0 fully saturated rings. The van der Waals surface area contributed by atoms with Gasteiger partial charge in [-0.15, -0.1) is 0 Å². The van der Waals surface area contributed by atoms with Gasteiger partial charge in [-0.25, -0.2) is 9.97 Å². The van der Waals surface area contributed by atoms with Gasteiger partial charge < -0.3 is 29.7 Å². The van der Waals surface area contributed by atoms with Crippen molar-refractivity contribution in [2.24, 2.45) is 0 Å². The molecular weight excluding hydrogens is 338 g/mol. The van der Waals surface area contributed by atoms with Crippen molar-refractivity contribution in [1.29, 1.82) is 0 Å². The molecule has 0 unspecified atom stereocenters. The average Bonchev–Trinajstić information content (AvgIpc) is 2.66. The van der Waals surface area contributed by atoms with Gasteiger partial charge in [-0.05, 0) is 18.2 Å². The molecule has 2 aromatic carbocycles. The van der Waals surface area contributed by atoms with E-state index in [2.05, 4.69) is 15.3 Å². The Balaban J connectivity index is 0.00000243. The lowest BCUT2D eigenvalue weighted by Gasteiger charge is -2.13. The Hall–Kier alpha value is -3.26.